The molecule has 11 N–H and O–H groups in total. The second-order valence-electron chi connectivity index (χ2n) is 18.0. The van der Waals surface area contributed by atoms with Crippen LogP contribution in [0.25, 0.3) is 0 Å². The van der Waals surface area contributed by atoms with Gasteiger partial charge in [-0.05, 0) is 178 Å². The third kappa shape index (κ3) is 105. The molecule has 0 rings (SSSR count). The molecule has 0 aliphatic carbocycles. The van der Waals surface area contributed by atoms with Crippen LogP contribution in [-0.4, -0.2) is 175 Å². The number of hydrogen-bond donors (Lipinski definition) is 9. The maximum atomic E-state index is 10.8. The molecule has 0 aromatic carbocycles. The summed E-state index contributed by atoms with van der Waals surface area (Å²) < 4.78 is 9.83. The van der Waals surface area contributed by atoms with Gasteiger partial charge in [-0.2, -0.15) is 0 Å². The van der Waals surface area contributed by atoms with E-state index in [-0.39, 0.29) is 11.9 Å². The Labute approximate surface area is 517 Å². The van der Waals surface area contributed by atoms with E-state index in [4.69, 9.17) is 42.0 Å². The molecule has 0 saturated carbocycles. The molecular formula is C50H112N8O30. The monoisotopic (exact) mass is 1300 g/mol. The van der Waals surface area contributed by atoms with Crippen LogP contribution in [0.2, 0.25) is 0 Å². The minimum absolute atomic E-state index is 0.304. The van der Waals surface area contributed by atoms with Crippen molar-refractivity contribution in [1.82, 2.24) is 30.7 Å². The topological polar surface area (TPSA) is 434 Å². The molecule has 88 heavy (non-hydrogen) atoms. The van der Waals surface area contributed by atoms with E-state index in [0.29, 0.717) is 13.2 Å². The van der Waals surface area contributed by atoms with Crippen LogP contribution in [0.4, 0.5) is 0 Å². The minimum Gasteiger partial charge on any atom is -0.463 e. The van der Waals surface area contributed by atoms with Gasteiger partial charge in [-0.3, -0.25) is 4.90 Å². The molecule has 0 radical (unpaired) electrons. The Morgan fingerprint density at radius 1 is 0.364 bits per heavy atom. The number of unbranched alkanes of at least 4 members (excludes halogenated alkanes) is 20. The summed E-state index contributed by atoms with van der Waals surface area (Å²) in [5, 5.41) is 111. The quantitative estimate of drug-likeness (QED) is 0.0101. The van der Waals surface area contributed by atoms with Crippen molar-refractivity contribution in [2.75, 3.05) is 127 Å². The lowest BCUT2D eigenvalue weighted by molar-refractivity contribution is -0.869. The maximum absolute atomic E-state index is 10.8. The van der Waals surface area contributed by atoms with Gasteiger partial charge in [-0.25, -0.2) is 30.6 Å². The number of nitrogens with zero attached hydrogens (tertiary/aromatic N) is 3. The Morgan fingerprint density at radius 2 is 0.591 bits per heavy atom. The molecule has 0 aliphatic rings. The van der Waals surface area contributed by atoms with Crippen LogP contribution in [-0.2, 0) is 130 Å². The summed E-state index contributed by atoms with van der Waals surface area (Å²) in [4.78, 5) is 28.5. The normalized spacial score (nSPS) is 10.7. The zero-order chi connectivity index (χ0) is 66.6. The van der Waals surface area contributed by atoms with Gasteiger partial charge in [0.2, 0.25) is 0 Å². The average molecular weight is 1310 g/mol. The van der Waals surface area contributed by atoms with Crippen molar-refractivity contribution >= 4 is 11.9 Å². The molecule has 0 amide bonds. The first-order chi connectivity index (χ1) is 43.0. The third-order valence-corrected chi connectivity index (χ3v) is 11.0. The first kappa shape index (κ1) is 96.2. The number of nitrogens with one attached hydrogen (secondary N) is 3. The molecule has 0 aromatic rings. The largest absolute Gasteiger partial charge is 0.463 e. The number of hydrogen-bond acceptors (Lipinski definition) is 38. The number of carbonyl (C=O) groups excluding carboxylic acids is 2. The van der Waals surface area contributed by atoms with Crippen molar-refractivity contribution in [1.29, 1.82) is 0 Å². The van der Waals surface area contributed by atoms with Gasteiger partial charge in [-0.1, -0.05) is 155 Å². The van der Waals surface area contributed by atoms with E-state index in [1.165, 1.54) is 147 Å². The molecule has 0 fully saturated rings. The van der Waals surface area contributed by atoms with Crippen molar-refractivity contribution in [3.8, 4) is 0 Å². The lowest BCUT2D eigenvalue weighted by Gasteiger charge is -2.21. The molecule has 0 atom stereocenters. The van der Waals surface area contributed by atoms with Crippen molar-refractivity contribution < 1.29 is 151 Å². The summed E-state index contributed by atoms with van der Waals surface area (Å²) in [5.74, 6) is -0.607. The fourth-order valence-electron chi connectivity index (χ4n) is 6.62. The van der Waals surface area contributed by atoms with Gasteiger partial charge in [0, 0.05) is 77.6 Å². The molecule has 38 nitrogen and oxygen atoms in total. The van der Waals surface area contributed by atoms with E-state index >= 15 is 0 Å². The lowest BCUT2D eigenvalue weighted by atomic mass is 10.1. The standard InChI is InChI=1S/2C16H30O2.2C9H24N4.2H2O13/c2*1-3-5-6-7-8-9-10-11-12-13-14-15-18-16(17)4-2;1-10-4-7-13(8-5-11-2)9-6-12-3;1-12(8-4-10)6-3-7-13(2)9-5-11;2*1-3-5-7-9-11-13-12-10-8-6-4-2/h2*4H,2-3,5-15H2,1H3;10-12H,4-9H2,1-3H3;3-11H2,1-2H3;2*1-2H. The molecule has 38 heteroatoms. The van der Waals surface area contributed by atoms with Crippen LogP contribution < -0.4 is 27.4 Å². The molecule has 0 spiro atoms. The first-order valence-corrected chi connectivity index (χ1v) is 29.3. The average Bonchev–Trinajstić information content (AvgIpc) is 3.53. The Hall–Kier alpha value is -2.94. The van der Waals surface area contributed by atoms with E-state index in [2.05, 4.69) is 183 Å². The fraction of sp³-hybridized carbons (Fsp3) is 0.880. The van der Waals surface area contributed by atoms with Gasteiger partial charge in [-0.15, -0.1) is 0 Å². The smallest absolute Gasteiger partial charge is 0.330 e. The van der Waals surface area contributed by atoms with Gasteiger partial charge in [0.15, 0.2) is 0 Å². The molecule has 0 aromatic heterocycles. The Kier molecular flexibility index (Phi) is 104. The Balaban J connectivity index is -0.000000231. The highest BCUT2D eigenvalue weighted by atomic mass is 18.0. The number of ether oxygens (including phenoxy) is 2. The number of nitrogens with two attached hydrogens (primary N) is 2. The van der Waals surface area contributed by atoms with Crippen LogP contribution in [0.3, 0.4) is 0 Å². The summed E-state index contributed by atoms with van der Waals surface area (Å²) in [6, 6.07) is 0. The second kappa shape index (κ2) is 95.2. The predicted molar refractivity (Wildman–Crippen MR) is 306 cm³/mol. The third-order valence-electron chi connectivity index (χ3n) is 11.0. The highest BCUT2D eigenvalue weighted by molar-refractivity contribution is 5.81. The lowest BCUT2D eigenvalue weighted by Crippen LogP contribution is -2.39. The molecule has 0 unspecified atom stereocenters. The summed E-state index contributed by atoms with van der Waals surface area (Å²) in [6.07, 6.45) is 32.5. The molecule has 0 bridgehead atoms. The van der Waals surface area contributed by atoms with E-state index in [0.717, 1.165) is 91.4 Å². The number of carbonyl (C=O) groups is 2. The van der Waals surface area contributed by atoms with E-state index in [1.807, 2.05) is 21.1 Å². The summed E-state index contributed by atoms with van der Waals surface area (Å²) in [6.45, 7) is 24.6. The van der Waals surface area contributed by atoms with E-state index in [1.54, 1.807) is 0 Å². The highest BCUT2D eigenvalue weighted by Gasteiger charge is 2.04. The van der Waals surface area contributed by atoms with Crippen LogP contribution in [0.5, 0.6) is 0 Å². The number of esters is 2. The number of likely N-dealkylation sites (N-methyl/N-ethyl adjacent to an activating group) is 5. The fourth-order valence-corrected chi connectivity index (χ4v) is 6.62. The summed E-state index contributed by atoms with van der Waals surface area (Å²) >= 11 is 0. The first-order valence-electron chi connectivity index (χ1n) is 29.3. The SMILES string of the molecule is C=CC(=O)OCCCCCCCCCCCCC.C=CC(=O)OCCCCCCCCCCCCC.CN(CCN)CCCN(C)CCN.CNCCN(CCNC)CCNC.OOOOOOOOOOOOO.OOOOOOOOOOOOO. The van der Waals surface area contributed by atoms with Crippen LogP contribution in [0.1, 0.15) is 162 Å². The van der Waals surface area contributed by atoms with E-state index < -0.39 is 0 Å². The Bertz CT molecular complexity index is 1170. The molecule has 532 valence electrons. The van der Waals surface area contributed by atoms with Gasteiger partial charge in [0.25, 0.3) is 0 Å². The van der Waals surface area contributed by atoms with Crippen molar-refractivity contribution in [2.45, 2.75) is 162 Å². The van der Waals surface area contributed by atoms with Gasteiger partial charge >= 0.3 is 11.9 Å². The van der Waals surface area contributed by atoms with Crippen LogP contribution >= 0.6 is 0 Å². The highest BCUT2D eigenvalue weighted by Crippen LogP contribution is 2.13. The molecular weight excluding hydrogens is 1190 g/mol. The maximum Gasteiger partial charge on any atom is 0.330 e. The number of rotatable bonds is 63. The summed E-state index contributed by atoms with van der Waals surface area (Å²) in [7, 11) is 10.2. The van der Waals surface area contributed by atoms with Crippen molar-refractivity contribution in [2.24, 2.45) is 11.5 Å². The zero-order valence-corrected chi connectivity index (χ0v) is 53.1. The summed E-state index contributed by atoms with van der Waals surface area (Å²) in [5.41, 5.74) is 10.9. The van der Waals surface area contributed by atoms with E-state index in [9.17, 15) is 9.59 Å². The molecule has 0 heterocycles. The zero-order valence-electron chi connectivity index (χ0n) is 53.1. The predicted octanol–water partition coefficient (Wildman–Crippen LogP) is 6.69. The minimum atomic E-state index is -0.304. The van der Waals surface area contributed by atoms with Crippen molar-refractivity contribution in [3.05, 3.63) is 25.3 Å². The van der Waals surface area contributed by atoms with Crippen molar-refractivity contribution in [3.63, 3.8) is 0 Å². The van der Waals surface area contributed by atoms with Gasteiger partial charge < -0.3 is 46.7 Å². The molecule has 0 aliphatic heterocycles. The molecule has 0 saturated heterocycles. The van der Waals surface area contributed by atoms with Gasteiger partial charge in [0.1, 0.15) is 0 Å². The Morgan fingerprint density at radius 3 is 0.795 bits per heavy atom. The second-order valence-corrected chi connectivity index (χ2v) is 18.0. The van der Waals surface area contributed by atoms with Crippen LogP contribution in [0.15, 0.2) is 25.3 Å². The van der Waals surface area contributed by atoms with Crippen LogP contribution in [0, 0.1) is 0 Å². The van der Waals surface area contributed by atoms with Gasteiger partial charge in [0.05, 0.1) is 13.2 Å².